The molecule has 3 N–H and O–H groups in total. The normalized spacial score (nSPS) is 9.73. The number of thiocarbonyl (C=S) groups is 1. The van der Waals surface area contributed by atoms with E-state index >= 15 is 0 Å². The zero-order chi connectivity index (χ0) is 11.4. The number of hydrogen-bond acceptors (Lipinski definition) is 2. The van der Waals surface area contributed by atoms with E-state index in [1.165, 1.54) is 0 Å². The Bertz CT molecular complexity index is 409. The molecule has 15 heavy (non-hydrogen) atoms. The van der Waals surface area contributed by atoms with Crippen LogP contribution in [0.2, 0.25) is 10.0 Å². The first kappa shape index (κ1) is 12.2. The summed E-state index contributed by atoms with van der Waals surface area (Å²) in [5.41, 5.74) is 5.68. The number of rotatable bonds is 3. The molecule has 0 atom stereocenters. The maximum absolute atomic E-state index is 11.3. The molecule has 0 unspecified atom stereocenters. The quantitative estimate of drug-likeness (QED) is 0.824. The maximum atomic E-state index is 11.3. The van der Waals surface area contributed by atoms with Crippen LogP contribution in [0.1, 0.15) is 6.42 Å². The molecule has 1 aromatic carbocycles. The Balaban J connectivity index is 2.76. The van der Waals surface area contributed by atoms with Gasteiger partial charge in [0.25, 0.3) is 0 Å². The molecular formula is C9H8Cl2N2OS. The summed E-state index contributed by atoms with van der Waals surface area (Å²) in [6, 6.07) is 4.79. The number of nitrogens with one attached hydrogen (secondary N) is 1. The second-order valence-corrected chi connectivity index (χ2v) is 4.18. The number of anilines is 1. The molecule has 0 aliphatic heterocycles. The third-order valence-electron chi connectivity index (χ3n) is 1.54. The number of halogens is 2. The molecule has 0 aromatic heterocycles. The van der Waals surface area contributed by atoms with Crippen molar-refractivity contribution in [3.8, 4) is 0 Å². The summed E-state index contributed by atoms with van der Waals surface area (Å²) in [6.07, 6.45) is -0.0157. The van der Waals surface area contributed by atoms with Crippen LogP contribution in [0.25, 0.3) is 0 Å². The second kappa shape index (κ2) is 5.30. The zero-order valence-corrected chi connectivity index (χ0v) is 9.92. The Morgan fingerprint density at radius 2 is 2.13 bits per heavy atom. The average Bonchev–Trinajstić information content (AvgIpc) is 2.10. The SMILES string of the molecule is NC(=S)CC(=O)Nc1cc(Cl)ccc1Cl. The van der Waals surface area contributed by atoms with Gasteiger partial charge in [-0.3, -0.25) is 4.79 Å². The standard InChI is InChI=1S/C9H8Cl2N2OS/c10-5-1-2-6(11)7(3-5)13-9(14)4-8(12)15/h1-3H,4H2,(H2,12,15)(H,13,14). The Labute approximate surface area is 103 Å². The second-order valence-electron chi connectivity index (χ2n) is 2.82. The first-order valence-electron chi connectivity index (χ1n) is 4.02. The van der Waals surface area contributed by atoms with Crippen LogP contribution in [0, 0.1) is 0 Å². The molecule has 3 nitrogen and oxygen atoms in total. The molecule has 0 fully saturated rings. The summed E-state index contributed by atoms with van der Waals surface area (Å²) in [5.74, 6) is -0.313. The van der Waals surface area contributed by atoms with E-state index in [2.05, 4.69) is 17.5 Å². The number of carbonyl (C=O) groups is 1. The van der Waals surface area contributed by atoms with Crippen molar-refractivity contribution in [2.75, 3.05) is 5.32 Å². The van der Waals surface area contributed by atoms with E-state index in [1.807, 2.05) is 0 Å². The van der Waals surface area contributed by atoms with E-state index in [4.69, 9.17) is 28.9 Å². The van der Waals surface area contributed by atoms with Gasteiger partial charge < -0.3 is 11.1 Å². The van der Waals surface area contributed by atoms with Crippen molar-refractivity contribution in [2.45, 2.75) is 6.42 Å². The number of hydrogen-bond donors (Lipinski definition) is 2. The number of nitrogens with two attached hydrogens (primary N) is 1. The van der Waals surface area contributed by atoms with Crippen molar-refractivity contribution >= 4 is 52.0 Å². The molecule has 1 aromatic rings. The minimum Gasteiger partial charge on any atom is -0.393 e. The molecule has 1 amide bonds. The lowest BCUT2D eigenvalue weighted by Gasteiger charge is -2.06. The highest BCUT2D eigenvalue weighted by atomic mass is 35.5. The summed E-state index contributed by atoms with van der Waals surface area (Å²) in [5, 5.41) is 3.46. The van der Waals surface area contributed by atoms with Crippen molar-refractivity contribution in [3.63, 3.8) is 0 Å². The van der Waals surface area contributed by atoms with Crippen molar-refractivity contribution in [3.05, 3.63) is 28.2 Å². The smallest absolute Gasteiger partial charge is 0.231 e. The predicted molar refractivity (Wildman–Crippen MR) is 66.5 cm³/mol. The number of benzene rings is 1. The highest BCUT2D eigenvalue weighted by molar-refractivity contribution is 7.80. The zero-order valence-electron chi connectivity index (χ0n) is 7.59. The van der Waals surface area contributed by atoms with Gasteiger partial charge in [0.05, 0.1) is 22.1 Å². The molecular weight excluding hydrogens is 255 g/mol. The van der Waals surface area contributed by atoms with E-state index in [0.29, 0.717) is 15.7 Å². The summed E-state index contributed by atoms with van der Waals surface area (Å²) >= 11 is 16.2. The van der Waals surface area contributed by atoms with Crippen molar-refractivity contribution in [1.29, 1.82) is 0 Å². The fraction of sp³-hybridized carbons (Fsp3) is 0.111. The van der Waals surface area contributed by atoms with Gasteiger partial charge in [0.1, 0.15) is 0 Å². The Morgan fingerprint density at radius 3 is 2.73 bits per heavy atom. The lowest BCUT2D eigenvalue weighted by Crippen LogP contribution is -2.20. The molecule has 0 bridgehead atoms. The molecule has 0 radical (unpaired) electrons. The highest BCUT2D eigenvalue weighted by Crippen LogP contribution is 2.25. The molecule has 80 valence electrons. The van der Waals surface area contributed by atoms with E-state index < -0.39 is 0 Å². The Hall–Kier alpha value is -0.840. The third-order valence-corrected chi connectivity index (χ3v) is 2.25. The molecule has 0 saturated carbocycles. The van der Waals surface area contributed by atoms with Gasteiger partial charge >= 0.3 is 0 Å². The monoisotopic (exact) mass is 262 g/mol. The molecule has 0 aliphatic rings. The fourth-order valence-corrected chi connectivity index (χ4v) is 1.41. The Morgan fingerprint density at radius 1 is 1.47 bits per heavy atom. The van der Waals surface area contributed by atoms with Crippen LogP contribution in [0.3, 0.4) is 0 Å². The van der Waals surface area contributed by atoms with Gasteiger partial charge in [0.2, 0.25) is 5.91 Å². The van der Waals surface area contributed by atoms with Crippen LogP contribution in [0.4, 0.5) is 5.69 Å². The van der Waals surface area contributed by atoms with Crippen LogP contribution in [0.15, 0.2) is 18.2 Å². The molecule has 0 saturated heterocycles. The van der Waals surface area contributed by atoms with Crippen LogP contribution in [-0.4, -0.2) is 10.9 Å². The largest absolute Gasteiger partial charge is 0.393 e. The maximum Gasteiger partial charge on any atom is 0.231 e. The van der Waals surface area contributed by atoms with E-state index in [1.54, 1.807) is 18.2 Å². The summed E-state index contributed by atoms with van der Waals surface area (Å²) in [4.78, 5) is 11.4. The van der Waals surface area contributed by atoms with Crippen molar-refractivity contribution in [1.82, 2.24) is 0 Å². The fourth-order valence-electron chi connectivity index (χ4n) is 0.946. The molecule has 6 heteroatoms. The van der Waals surface area contributed by atoms with Gasteiger partial charge in [-0.15, -0.1) is 0 Å². The first-order chi connectivity index (χ1) is 6.99. The van der Waals surface area contributed by atoms with Crippen LogP contribution in [-0.2, 0) is 4.79 Å². The predicted octanol–water partition coefficient (Wildman–Crippen LogP) is 2.61. The van der Waals surface area contributed by atoms with Gasteiger partial charge in [-0.05, 0) is 18.2 Å². The minimum atomic E-state index is -0.313. The summed E-state index contributed by atoms with van der Waals surface area (Å²) in [6.45, 7) is 0. The summed E-state index contributed by atoms with van der Waals surface area (Å²) in [7, 11) is 0. The lowest BCUT2D eigenvalue weighted by atomic mass is 10.3. The van der Waals surface area contributed by atoms with Gasteiger partial charge in [0, 0.05) is 5.02 Å². The third kappa shape index (κ3) is 4.03. The van der Waals surface area contributed by atoms with E-state index in [9.17, 15) is 4.79 Å². The minimum absolute atomic E-state index is 0.0157. The van der Waals surface area contributed by atoms with Gasteiger partial charge in [0.15, 0.2) is 0 Å². The molecule has 1 rings (SSSR count). The lowest BCUT2D eigenvalue weighted by molar-refractivity contribution is -0.115. The number of carbonyl (C=O) groups excluding carboxylic acids is 1. The van der Waals surface area contributed by atoms with Gasteiger partial charge in [-0.2, -0.15) is 0 Å². The molecule has 0 spiro atoms. The summed E-state index contributed by atoms with van der Waals surface area (Å²) < 4.78 is 0. The van der Waals surface area contributed by atoms with Crippen molar-refractivity contribution in [2.24, 2.45) is 5.73 Å². The van der Waals surface area contributed by atoms with Crippen LogP contribution >= 0.6 is 35.4 Å². The van der Waals surface area contributed by atoms with Crippen molar-refractivity contribution < 1.29 is 4.79 Å². The topological polar surface area (TPSA) is 55.1 Å². The highest BCUT2D eigenvalue weighted by Gasteiger charge is 2.07. The number of amides is 1. The average molecular weight is 263 g/mol. The van der Waals surface area contributed by atoms with Crippen LogP contribution in [0.5, 0.6) is 0 Å². The van der Waals surface area contributed by atoms with E-state index in [0.717, 1.165) is 0 Å². The van der Waals surface area contributed by atoms with Gasteiger partial charge in [-0.1, -0.05) is 35.4 Å². The Kier molecular flexibility index (Phi) is 4.32. The van der Waals surface area contributed by atoms with Gasteiger partial charge in [-0.25, -0.2) is 0 Å². The molecule has 0 aliphatic carbocycles. The molecule has 0 heterocycles. The first-order valence-corrected chi connectivity index (χ1v) is 5.18. The van der Waals surface area contributed by atoms with E-state index in [-0.39, 0.29) is 17.3 Å². The van der Waals surface area contributed by atoms with Crippen LogP contribution < -0.4 is 11.1 Å².